The molecule has 1 aromatic heterocycles. The van der Waals surface area contributed by atoms with Gasteiger partial charge in [-0.1, -0.05) is 18.2 Å². The molecule has 1 unspecified atom stereocenters. The second-order valence-corrected chi connectivity index (χ2v) is 7.05. The molecule has 4 rings (SSSR count). The van der Waals surface area contributed by atoms with Crippen LogP contribution in [0.25, 0.3) is 22.0 Å². The largest absolute Gasteiger partial charge is 0.542 e. The Kier molecular flexibility index (Phi) is 8.33. The van der Waals surface area contributed by atoms with Gasteiger partial charge in [-0.05, 0) is 12.1 Å². The average molecular weight is 521 g/mol. The fourth-order valence-electron chi connectivity index (χ4n) is 3.14. The molecule has 1 aliphatic rings. The molecule has 0 saturated carbocycles. The van der Waals surface area contributed by atoms with Crippen molar-refractivity contribution in [3.8, 4) is 16.9 Å². The predicted molar refractivity (Wildman–Crippen MR) is 106 cm³/mol. The highest BCUT2D eigenvalue weighted by molar-refractivity contribution is 6.11. The van der Waals surface area contributed by atoms with Crippen molar-refractivity contribution in [3.63, 3.8) is 0 Å². The molecule has 3 aromatic rings. The number of hydrogen-bond donors (Lipinski definition) is 4. The Hall–Kier alpha value is -4.11. The molecule has 0 amide bonds. The van der Waals surface area contributed by atoms with E-state index in [0.29, 0.717) is 17.6 Å². The standard InChI is InChI=1S/C17H15N3O2.2C2HF3O2/c18-8-14(22)11-7-13(21)17-15-10(5-6-19-17)9-3-1-2-4-12(9)20-16(11)15;2*3-2(4,5)1(6)7/h1-7,14,20-22H,8,18H2;2*(H,6,7). The zero-order valence-corrected chi connectivity index (χ0v) is 17.8. The van der Waals surface area contributed by atoms with Gasteiger partial charge in [-0.15, -0.1) is 0 Å². The highest BCUT2D eigenvalue weighted by Gasteiger charge is 2.30. The number of nitrogens with one attached hydrogen (secondary N) is 2. The van der Waals surface area contributed by atoms with Gasteiger partial charge in [0.05, 0.1) is 11.1 Å². The molecule has 9 nitrogen and oxygen atoms in total. The number of hydrogen-bond acceptors (Lipinski definition) is 7. The number of carbonyl (C=O) groups excluding carboxylic acids is 2. The van der Waals surface area contributed by atoms with E-state index in [1.807, 2.05) is 36.5 Å². The van der Waals surface area contributed by atoms with Gasteiger partial charge < -0.3 is 41.1 Å². The Labute approximate surface area is 197 Å². The highest BCUT2D eigenvalue weighted by Crippen LogP contribution is 2.47. The number of aromatic amines is 1. The number of aliphatic carboxylic acids is 2. The molecule has 2 heterocycles. The number of aliphatic hydroxyl groups excluding tert-OH is 1. The number of fused-ring (bicyclic) bond motifs is 2. The van der Waals surface area contributed by atoms with Crippen LogP contribution in [0.15, 0.2) is 42.6 Å². The molecule has 7 N–H and O–H groups in total. The van der Waals surface area contributed by atoms with Crippen LogP contribution in [0.5, 0.6) is 5.75 Å². The monoisotopic (exact) mass is 521 g/mol. The second kappa shape index (κ2) is 10.7. The van der Waals surface area contributed by atoms with Crippen molar-refractivity contribution >= 4 is 34.2 Å². The lowest BCUT2D eigenvalue weighted by Gasteiger charge is -2.24. The summed E-state index contributed by atoms with van der Waals surface area (Å²) in [6.45, 7) is 0.340. The maximum atomic E-state index is 10.5. The number of aromatic nitrogens is 1. The van der Waals surface area contributed by atoms with Crippen LogP contribution >= 0.6 is 0 Å². The van der Waals surface area contributed by atoms with Gasteiger partial charge in [-0.3, -0.25) is 0 Å². The number of carbonyl (C=O) groups is 2. The van der Waals surface area contributed by atoms with E-state index < -0.39 is 30.4 Å². The van der Waals surface area contributed by atoms with Crippen LogP contribution in [-0.2, 0) is 9.59 Å². The number of pyridine rings is 1. The molecule has 0 aliphatic carbocycles. The summed E-state index contributed by atoms with van der Waals surface area (Å²) in [4.78, 5) is 20.7. The summed E-state index contributed by atoms with van der Waals surface area (Å²) >= 11 is 0. The fraction of sp³-hybridized carbons (Fsp3) is 0.190. The number of H-pyrrole nitrogens is 1. The molecule has 0 bridgehead atoms. The lowest BCUT2D eigenvalue weighted by molar-refractivity contribution is -0.385. The van der Waals surface area contributed by atoms with Gasteiger partial charge in [0.25, 0.3) is 5.52 Å². The minimum Gasteiger partial charge on any atom is -0.542 e. The molecule has 1 aliphatic heterocycles. The molecule has 0 fully saturated rings. The maximum absolute atomic E-state index is 10.5. The normalized spacial score (nSPS) is 12.7. The Morgan fingerprint density at radius 2 is 1.53 bits per heavy atom. The number of phenols is 1. The van der Waals surface area contributed by atoms with Crippen LogP contribution < -0.4 is 26.2 Å². The number of para-hydroxylation sites is 1. The lowest BCUT2D eigenvalue weighted by atomic mass is 9.91. The third-order valence-corrected chi connectivity index (χ3v) is 4.66. The first kappa shape index (κ1) is 28.1. The zero-order chi connectivity index (χ0) is 27.4. The number of halogens is 6. The van der Waals surface area contributed by atoms with E-state index >= 15 is 0 Å². The minimum absolute atomic E-state index is 0.129. The Morgan fingerprint density at radius 3 is 2.03 bits per heavy atom. The minimum atomic E-state index is -5.19. The van der Waals surface area contributed by atoms with Crippen molar-refractivity contribution in [1.82, 2.24) is 0 Å². The van der Waals surface area contributed by atoms with E-state index in [0.717, 1.165) is 27.9 Å². The summed E-state index contributed by atoms with van der Waals surface area (Å²) in [5.74, 6) is -5.88. The molecule has 0 radical (unpaired) electrons. The van der Waals surface area contributed by atoms with E-state index in [2.05, 4.69) is 16.0 Å². The van der Waals surface area contributed by atoms with Crippen molar-refractivity contribution in [2.45, 2.75) is 18.5 Å². The first-order valence-electron chi connectivity index (χ1n) is 9.69. The van der Waals surface area contributed by atoms with Crippen LogP contribution in [0.3, 0.4) is 0 Å². The van der Waals surface area contributed by atoms with Crippen LogP contribution in [0.2, 0.25) is 0 Å². The molecule has 15 heteroatoms. The third-order valence-electron chi connectivity index (χ3n) is 4.66. The number of carboxylic acids is 2. The van der Waals surface area contributed by atoms with Crippen molar-refractivity contribution in [1.29, 1.82) is 0 Å². The van der Waals surface area contributed by atoms with E-state index in [1.54, 1.807) is 6.07 Å². The summed E-state index contributed by atoms with van der Waals surface area (Å²) in [6, 6.07) is 11.6. The summed E-state index contributed by atoms with van der Waals surface area (Å²) in [5.41, 5.74) is 9.02. The van der Waals surface area contributed by atoms with Gasteiger partial charge in [-0.2, -0.15) is 26.3 Å². The van der Waals surface area contributed by atoms with Crippen LogP contribution in [-0.4, -0.2) is 41.0 Å². The lowest BCUT2D eigenvalue weighted by Crippen LogP contribution is -2.53. The Morgan fingerprint density at radius 1 is 1.00 bits per heavy atom. The summed E-state index contributed by atoms with van der Waals surface area (Å²) in [5, 5.41) is 42.4. The van der Waals surface area contributed by atoms with Crippen molar-refractivity contribution in [3.05, 3.63) is 48.2 Å². The van der Waals surface area contributed by atoms with Crippen molar-refractivity contribution in [2.24, 2.45) is 0 Å². The quantitative estimate of drug-likeness (QED) is 0.211. The fourth-order valence-corrected chi connectivity index (χ4v) is 3.14. The van der Waals surface area contributed by atoms with Gasteiger partial charge >= 0.3 is 12.4 Å². The Balaban J connectivity index is 0.000000271. The molecule has 2 aromatic carbocycles. The van der Waals surface area contributed by atoms with Crippen LogP contribution in [0, 0.1) is 0 Å². The van der Waals surface area contributed by atoms with E-state index in [9.17, 15) is 36.6 Å². The van der Waals surface area contributed by atoms with Gasteiger partial charge in [0.15, 0.2) is 11.9 Å². The SMILES string of the molecule is O=C([O-])C(F)(F)F.O=C([O-])C(F)(F)F.[NH3+]CC(O)c1cc(O)c2[nH+]ccc3c2c1Nc1ccccc1-3. The van der Waals surface area contributed by atoms with Crippen LogP contribution in [0.4, 0.5) is 37.7 Å². The molecular formula is C21H17F6N3O6. The molecule has 194 valence electrons. The summed E-state index contributed by atoms with van der Waals surface area (Å²) in [7, 11) is 0. The second-order valence-electron chi connectivity index (χ2n) is 7.05. The third kappa shape index (κ3) is 6.31. The number of alkyl halides is 6. The number of quaternary nitrogens is 1. The summed E-state index contributed by atoms with van der Waals surface area (Å²) < 4.78 is 63.1. The van der Waals surface area contributed by atoms with Gasteiger partial charge in [0, 0.05) is 28.4 Å². The van der Waals surface area contributed by atoms with Gasteiger partial charge in [0.2, 0.25) is 0 Å². The maximum Gasteiger partial charge on any atom is 0.430 e. The summed E-state index contributed by atoms with van der Waals surface area (Å²) in [6.07, 6.45) is -9.29. The van der Waals surface area contributed by atoms with E-state index in [-0.39, 0.29) is 5.75 Å². The Bertz CT molecular complexity index is 1260. The zero-order valence-electron chi connectivity index (χ0n) is 17.8. The number of phenolic OH excluding ortho intramolecular Hbond substituents is 1. The number of rotatable bonds is 2. The van der Waals surface area contributed by atoms with Crippen LogP contribution in [0.1, 0.15) is 11.7 Å². The molecule has 36 heavy (non-hydrogen) atoms. The van der Waals surface area contributed by atoms with Crippen molar-refractivity contribution in [2.75, 3.05) is 11.9 Å². The molecular weight excluding hydrogens is 504 g/mol. The topological polar surface area (TPSA) is 175 Å². The van der Waals surface area contributed by atoms with Gasteiger partial charge in [0.1, 0.15) is 24.6 Å². The highest BCUT2D eigenvalue weighted by atomic mass is 19.4. The molecule has 0 spiro atoms. The first-order chi connectivity index (χ1) is 16.6. The number of aromatic hydroxyl groups is 1. The molecule has 0 saturated heterocycles. The predicted octanol–water partition coefficient (Wildman–Crippen LogP) is -0.0440. The van der Waals surface area contributed by atoms with Crippen molar-refractivity contribution < 1.29 is 67.1 Å². The first-order valence-corrected chi connectivity index (χ1v) is 9.69. The van der Waals surface area contributed by atoms with E-state index in [1.165, 1.54) is 0 Å². The van der Waals surface area contributed by atoms with E-state index in [4.69, 9.17) is 19.8 Å². The number of aliphatic hydroxyl groups is 1. The number of carboxylic acid groups (broad SMARTS) is 2. The number of anilines is 2. The smallest absolute Gasteiger partial charge is 0.430 e. The number of benzene rings is 2. The van der Waals surface area contributed by atoms with Gasteiger partial charge in [-0.25, -0.2) is 4.98 Å². The molecule has 1 atom stereocenters. The average Bonchev–Trinajstić information content (AvgIpc) is 2.80.